The van der Waals surface area contributed by atoms with Crippen molar-refractivity contribution in [2.24, 2.45) is 5.92 Å². The second kappa shape index (κ2) is 7.74. The van der Waals surface area contributed by atoms with Crippen molar-refractivity contribution in [2.75, 3.05) is 13.1 Å². The fraction of sp³-hybridized carbons (Fsp3) is 0.667. The van der Waals surface area contributed by atoms with Crippen LogP contribution in [-0.2, 0) is 6.54 Å². The van der Waals surface area contributed by atoms with Crippen LogP contribution >= 0.6 is 11.3 Å². The molecule has 0 radical (unpaired) electrons. The lowest BCUT2D eigenvalue weighted by atomic mass is 9.85. The lowest BCUT2D eigenvalue weighted by molar-refractivity contribution is 0.0706. The molecule has 0 bridgehead atoms. The van der Waals surface area contributed by atoms with Crippen molar-refractivity contribution in [2.45, 2.75) is 71.3 Å². The number of amides is 1. The molecule has 1 aliphatic heterocycles. The number of aryl methyl sites for hydroxylation is 1. The number of piperidine rings is 1. The standard InChI is InChI=1S/C21H30N4OS/c1-14(2)20-23-15(3)18(27-20)21(26)25-10-5-8-17(13-25)19-22-9-11-24(19)12-16-6-4-7-16/h9,11,14,16-17H,4-8,10,12-13H2,1-3H3/t17-/m0/s1. The van der Waals surface area contributed by atoms with Crippen LogP contribution in [-0.4, -0.2) is 38.4 Å². The van der Waals surface area contributed by atoms with E-state index in [0.717, 1.165) is 54.0 Å². The molecule has 2 aromatic heterocycles. The van der Waals surface area contributed by atoms with Gasteiger partial charge >= 0.3 is 0 Å². The van der Waals surface area contributed by atoms with Gasteiger partial charge in [-0.05, 0) is 38.5 Å². The molecule has 0 spiro atoms. The molecule has 1 amide bonds. The lowest BCUT2D eigenvalue weighted by Crippen LogP contribution is -2.39. The summed E-state index contributed by atoms with van der Waals surface area (Å²) in [6.07, 6.45) is 10.3. The van der Waals surface area contributed by atoms with Crippen LogP contribution in [0, 0.1) is 12.8 Å². The predicted molar refractivity (Wildman–Crippen MR) is 108 cm³/mol. The molecule has 0 unspecified atom stereocenters. The minimum atomic E-state index is 0.152. The average Bonchev–Trinajstić information content (AvgIpc) is 3.24. The van der Waals surface area contributed by atoms with Crippen molar-refractivity contribution in [3.05, 3.63) is 33.8 Å². The third kappa shape index (κ3) is 3.82. The lowest BCUT2D eigenvalue weighted by Gasteiger charge is -2.33. The molecule has 1 saturated heterocycles. The van der Waals surface area contributed by atoms with E-state index in [0.29, 0.717) is 11.8 Å². The zero-order valence-electron chi connectivity index (χ0n) is 16.6. The smallest absolute Gasteiger partial charge is 0.265 e. The molecule has 5 nitrogen and oxygen atoms in total. The van der Waals surface area contributed by atoms with Crippen LogP contribution in [0.3, 0.4) is 0 Å². The second-order valence-electron chi connectivity index (χ2n) is 8.45. The molecule has 0 aromatic carbocycles. The molecule has 1 aliphatic carbocycles. The van der Waals surface area contributed by atoms with Gasteiger partial charge in [-0.25, -0.2) is 9.97 Å². The van der Waals surface area contributed by atoms with Crippen LogP contribution in [0.15, 0.2) is 12.4 Å². The molecule has 0 N–H and O–H groups in total. The summed E-state index contributed by atoms with van der Waals surface area (Å²) in [6, 6.07) is 0. The summed E-state index contributed by atoms with van der Waals surface area (Å²) < 4.78 is 2.34. The quantitative estimate of drug-likeness (QED) is 0.755. The van der Waals surface area contributed by atoms with Gasteiger partial charge in [-0.1, -0.05) is 20.3 Å². The number of likely N-dealkylation sites (tertiary alicyclic amines) is 1. The van der Waals surface area contributed by atoms with Gasteiger partial charge in [0.2, 0.25) is 0 Å². The minimum absolute atomic E-state index is 0.152. The van der Waals surface area contributed by atoms with Gasteiger partial charge in [0.1, 0.15) is 10.7 Å². The predicted octanol–water partition coefficient (Wildman–Crippen LogP) is 4.59. The largest absolute Gasteiger partial charge is 0.337 e. The van der Waals surface area contributed by atoms with Gasteiger partial charge in [0, 0.05) is 43.9 Å². The number of carbonyl (C=O) groups is 1. The van der Waals surface area contributed by atoms with Crippen molar-refractivity contribution in [3.63, 3.8) is 0 Å². The van der Waals surface area contributed by atoms with Crippen LogP contribution in [0.25, 0.3) is 0 Å². The fourth-order valence-electron chi connectivity index (χ4n) is 4.17. The van der Waals surface area contributed by atoms with E-state index >= 15 is 0 Å². The van der Waals surface area contributed by atoms with Gasteiger partial charge in [0.15, 0.2) is 0 Å². The first-order valence-corrected chi connectivity index (χ1v) is 11.1. The Morgan fingerprint density at radius 3 is 2.78 bits per heavy atom. The highest BCUT2D eigenvalue weighted by atomic mass is 32.1. The summed E-state index contributed by atoms with van der Waals surface area (Å²) in [4.78, 5) is 25.3. The Hall–Kier alpha value is -1.69. The highest BCUT2D eigenvalue weighted by molar-refractivity contribution is 7.13. The van der Waals surface area contributed by atoms with Crippen molar-refractivity contribution in [1.82, 2.24) is 19.4 Å². The van der Waals surface area contributed by atoms with Crippen LogP contribution in [0.4, 0.5) is 0 Å². The topological polar surface area (TPSA) is 51.0 Å². The number of imidazole rings is 1. The molecule has 1 atom stereocenters. The first kappa shape index (κ1) is 18.7. The maximum atomic E-state index is 13.2. The van der Waals surface area contributed by atoms with Crippen molar-refractivity contribution in [1.29, 1.82) is 0 Å². The number of hydrogen-bond donors (Lipinski definition) is 0. The molecule has 2 aliphatic rings. The molecule has 146 valence electrons. The third-order valence-corrected chi connectivity index (χ3v) is 7.45. The molecule has 27 heavy (non-hydrogen) atoms. The normalized spacial score (nSPS) is 20.9. The highest BCUT2D eigenvalue weighted by Crippen LogP contribution is 2.32. The number of hydrogen-bond acceptors (Lipinski definition) is 4. The maximum Gasteiger partial charge on any atom is 0.265 e. The minimum Gasteiger partial charge on any atom is -0.337 e. The summed E-state index contributed by atoms with van der Waals surface area (Å²) in [5.74, 6) is 2.84. The maximum absolute atomic E-state index is 13.2. The Morgan fingerprint density at radius 2 is 2.11 bits per heavy atom. The Morgan fingerprint density at radius 1 is 1.30 bits per heavy atom. The molecule has 3 heterocycles. The zero-order chi connectivity index (χ0) is 19.0. The Labute approximate surface area is 165 Å². The number of aromatic nitrogens is 3. The molecule has 2 fully saturated rings. The third-order valence-electron chi connectivity index (χ3n) is 6.00. The van der Waals surface area contributed by atoms with E-state index < -0.39 is 0 Å². The highest BCUT2D eigenvalue weighted by Gasteiger charge is 2.30. The van der Waals surface area contributed by atoms with E-state index in [4.69, 9.17) is 0 Å². The molecular weight excluding hydrogens is 356 g/mol. The van der Waals surface area contributed by atoms with Crippen LogP contribution < -0.4 is 0 Å². The van der Waals surface area contributed by atoms with Gasteiger partial charge in [-0.15, -0.1) is 11.3 Å². The van der Waals surface area contributed by atoms with Gasteiger partial charge in [-0.3, -0.25) is 4.79 Å². The molecule has 6 heteroatoms. The zero-order valence-corrected chi connectivity index (χ0v) is 17.5. The first-order valence-electron chi connectivity index (χ1n) is 10.3. The molecule has 2 aromatic rings. The molecule has 1 saturated carbocycles. The summed E-state index contributed by atoms with van der Waals surface area (Å²) >= 11 is 1.57. The van der Waals surface area contributed by atoms with Gasteiger partial charge < -0.3 is 9.47 Å². The number of nitrogens with zero attached hydrogens (tertiary/aromatic N) is 4. The Balaban J connectivity index is 1.48. The second-order valence-corrected chi connectivity index (χ2v) is 9.48. The van der Waals surface area contributed by atoms with Crippen LogP contribution in [0.5, 0.6) is 0 Å². The first-order chi connectivity index (χ1) is 13.0. The number of thiazole rings is 1. The molecule has 4 rings (SSSR count). The summed E-state index contributed by atoms with van der Waals surface area (Å²) in [5.41, 5.74) is 0.877. The van der Waals surface area contributed by atoms with E-state index in [2.05, 4.69) is 34.6 Å². The summed E-state index contributed by atoms with van der Waals surface area (Å²) in [6.45, 7) is 8.92. The number of carbonyl (C=O) groups excluding carboxylic acids is 1. The van der Waals surface area contributed by atoms with E-state index in [-0.39, 0.29) is 5.91 Å². The summed E-state index contributed by atoms with van der Waals surface area (Å²) in [7, 11) is 0. The Kier molecular flexibility index (Phi) is 5.35. The number of rotatable bonds is 5. The van der Waals surface area contributed by atoms with Crippen molar-refractivity contribution in [3.8, 4) is 0 Å². The van der Waals surface area contributed by atoms with E-state index in [9.17, 15) is 4.79 Å². The average molecular weight is 387 g/mol. The van der Waals surface area contributed by atoms with Crippen molar-refractivity contribution >= 4 is 17.2 Å². The summed E-state index contributed by atoms with van der Waals surface area (Å²) in [5, 5.41) is 1.06. The van der Waals surface area contributed by atoms with Gasteiger partial charge in [0.25, 0.3) is 5.91 Å². The van der Waals surface area contributed by atoms with E-state index in [1.165, 1.54) is 25.1 Å². The van der Waals surface area contributed by atoms with Crippen LogP contribution in [0.1, 0.15) is 84.0 Å². The molecular formula is C21H30N4OS. The monoisotopic (exact) mass is 386 g/mol. The van der Waals surface area contributed by atoms with Crippen LogP contribution in [0.2, 0.25) is 0 Å². The van der Waals surface area contributed by atoms with Gasteiger partial charge in [0.05, 0.1) is 10.7 Å². The van der Waals surface area contributed by atoms with E-state index in [1.807, 2.05) is 18.0 Å². The van der Waals surface area contributed by atoms with E-state index in [1.54, 1.807) is 11.3 Å². The van der Waals surface area contributed by atoms with Gasteiger partial charge in [-0.2, -0.15) is 0 Å². The fourth-order valence-corrected chi connectivity index (χ4v) is 5.20. The Bertz CT molecular complexity index is 805. The van der Waals surface area contributed by atoms with Crippen molar-refractivity contribution < 1.29 is 4.79 Å². The SMILES string of the molecule is Cc1nc(C(C)C)sc1C(=O)N1CCC[C@H](c2nccn2CC2CCC2)C1.